The summed E-state index contributed by atoms with van der Waals surface area (Å²) < 4.78 is 7.35. The molecule has 0 atom stereocenters. The minimum atomic E-state index is -0.191. The lowest BCUT2D eigenvalue weighted by Crippen LogP contribution is -2.42. The topological polar surface area (TPSA) is 71.4 Å². The Morgan fingerprint density at radius 2 is 1.85 bits per heavy atom. The third-order valence-corrected chi connectivity index (χ3v) is 4.67. The fourth-order valence-electron chi connectivity index (χ4n) is 3.20. The zero-order valence-corrected chi connectivity index (χ0v) is 15.1. The monoisotopic (exact) mass is 365 g/mol. The zero-order chi connectivity index (χ0) is 18.5. The van der Waals surface area contributed by atoms with Gasteiger partial charge in [0.25, 0.3) is 0 Å². The number of carbonyl (C=O) groups is 1. The molecule has 0 radical (unpaired) electrons. The molecular formula is C20H23N5O2. The predicted octanol–water partition coefficient (Wildman–Crippen LogP) is 2.48. The van der Waals surface area contributed by atoms with Crippen molar-refractivity contribution in [1.82, 2.24) is 19.8 Å². The average molecular weight is 365 g/mol. The molecule has 0 bridgehead atoms. The van der Waals surface area contributed by atoms with Crippen LogP contribution >= 0.6 is 0 Å². The maximum Gasteiger partial charge on any atom is 0.319 e. The number of morpholine rings is 1. The van der Waals surface area contributed by atoms with Crippen LogP contribution in [-0.2, 0) is 4.74 Å². The van der Waals surface area contributed by atoms with Gasteiger partial charge in [-0.25, -0.2) is 9.78 Å². The number of benzene rings is 2. The third kappa shape index (κ3) is 4.27. The second-order valence-electron chi connectivity index (χ2n) is 6.49. The highest BCUT2D eigenvalue weighted by Crippen LogP contribution is 2.19. The molecule has 1 saturated heterocycles. The molecule has 27 heavy (non-hydrogen) atoms. The van der Waals surface area contributed by atoms with Gasteiger partial charge in [-0.2, -0.15) is 0 Å². The number of hydrogen-bond donors (Lipinski definition) is 2. The van der Waals surface area contributed by atoms with Crippen molar-refractivity contribution in [3.63, 3.8) is 0 Å². The van der Waals surface area contributed by atoms with Crippen molar-refractivity contribution in [3.05, 3.63) is 54.9 Å². The van der Waals surface area contributed by atoms with Gasteiger partial charge in [0, 0.05) is 37.6 Å². The van der Waals surface area contributed by atoms with Gasteiger partial charge in [-0.1, -0.05) is 12.1 Å². The SMILES string of the molecule is O=C(NCCN1CCOCC1)Nc1ccc(-n2cnc3ccccc32)cc1. The molecule has 4 rings (SSSR count). The Balaban J connectivity index is 1.31. The molecule has 1 aliphatic heterocycles. The molecule has 0 saturated carbocycles. The number of amides is 2. The second-order valence-corrected chi connectivity index (χ2v) is 6.49. The summed E-state index contributed by atoms with van der Waals surface area (Å²) in [6.45, 7) is 4.84. The first kappa shape index (κ1) is 17.5. The molecule has 0 unspecified atom stereocenters. The van der Waals surface area contributed by atoms with E-state index in [0.29, 0.717) is 6.54 Å². The number of nitrogens with zero attached hydrogens (tertiary/aromatic N) is 3. The molecule has 2 amide bonds. The van der Waals surface area contributed by atoms with Gasteiger partial charge < -0.3 is 15.4 Å². The summed E-state index contributed by atoms with van der Waals surface area (Å²) in [4.78, 5) is 18.8. The number of carbonyl (C=O) groups excluding carboxylic acids is 1. The van der Waals surface area contributed by atoms with Crippen LogP contribution in [0.25, 0.3) is 16.7 Å². The number of ether oxygens (including phenoxy) is 1. The second kappa shape index (κ2) is 8.20. The van der Waals surface area contributed by atoms with E-state index in [1.807, 2.05) is 59.4 Å². The van der Waals surface area contributed by atoms with E-state index in [4.69, 9.17) is 4.74 Å². The molecule has 1 fully saturated rings. The van der Waals surface area contributed by atoms with Crippen LogP contribution in [-0.4, -0.2) is 59.9 Å². The van der Waals surface area contributed by atoms with Crippen molar-refractivity contribution in [1.29, 1.82) is 0 Å². The lowest BCUT2D eigenvalue weighted by molar-refractivity contribution is 0.0388. The van der Waals surface area contributed by atoms with Gasteiger partial charge in [-0.3, -0.25) is 9.47 Å². The van der Waals surface area contributed by atoms with Gasteiger partial charge >= 0.3 is 6.03 Å². The molecule has 7 nitrogen and oxygen atoms in total. The number of para-hydroxylation sites is 2. The van der Waals surface area contributed by atoms with Crippen molar-refractivity contribution in [2.24, 2.45) is 0 Å². The lowest BCUT2D eigenvalue weighted by atomic mass is 10.2. The van der Waals surface area contributed by atoms with Crippen molar-refractivity contribution < 1.29 is 9.53 Å². The van der Waals surface area contributed by atoms with Crippen LogP contribution in [0.1, 0.15) is 0 Å². The molecule has 1 aliphatic rings. The molecule has 2 heterocycles. The molecule has 2 aromatic carbocycles. The van der Waals surface area contributed by atoms with Crippen molar-refractivity contribution in [3.8, 4) is 5.69 Å². The van der Waals surface area contributed by atoms with Gasteiger partial charge in [0.2, 0.25) is 0 Å². The first-order chi connectivity index (χ1) is 13.3. The molecule has 140 valence electrons. The van der Waals surface area contributed by atoms with Gasteiger partial charge in [-0.05, 0) is 36.4 Å². The normalized spacial score (nSPS) is 15.0. The van der Waals surface area contributed by atoms with E-state index in [-0.39, 0.29) is 6.03 Å². The Hall–Kier alpha value is -2.90. The van der Waals surface area contributed by atoms with E-state index in [0.717, 1.165) is 55.3 Å². The standard InChI is InChI=1S/C20H23N5O2/c26-20(21-9-10-24-11-13-27-14-12-24)23-16-5-7-17(8-6-16)25-15-22-18-3-1-2-4-19(18)25/h1-8,15H,9-14H2,(H2,21,23,26). The third-order valence-electron chi connectivity index (χ3n) is 4.67. The first-order valence-corrected chi connectivity index (χ1v) is 9.17. The van der Waals surface area contributed by atoms with Gasteiger partial charge in [-0.15, -0.1) is 0 Å². The Kier molecular flexibility index (Phi) is 5.32. The molecule has 1 aromatic heterocycles. The van der Waals surface area contributed by atoms with E-state index in [9.17, 15) is 4.79 Å². The average Bonchev–Trinajstić information content (AvgIpc) is 3.14. The Labute approximate surface area is 157 Å². The number of urea groups is 1. The predicted molar refractivity (Wildman–Crippen MR) is 105 cm³/mol. The summed E-state index contributed by atoms with van der Waals surface area (Å²) in [6.07, 6.45) is 1.81. The quantitative estimate of drug-likeness (QED) is 0.729. The molecule has 7 heteroatoms. The number of anilines is 1. The summed E-state index contributed by atoms with van der Waals surface area (Å²) in [6, 6.07) is 15.5. The van der Waals surface area contributed by atoms with E-state index >= 15 is 0 Å². The molecule has 0 aliphatic carbocycles. The van der Waals surface area contributed by atoms with E-state index in [2.05, 4.69) is 20.5 Å². The van der Waals surface area contributed by atoms with Crippen LogP contribution in [0, 0.1) is 0 Å². The van der Waals surface area contributed by atoms with E-state index in [1.165, 1.54) is 0 Å². The summed E-state index contributed by atoms with van der Waals surface area (Å²) in [5, 5.41) is 5.77. The number of aromatic nitrogens is 2. The summed E-state index contributed by atoms with van der Waals surface area (Å²) in [7, 11) is 0. The minimum absolute atomic E-state index is 0.191. The first-order valence-electron chi connectivity index (χ1n) is 9.17. The highest BCUT2D eigenvalue weighted by atomic mass is 16.5. The van der Waals surface area contributed by atoms with Crippen molar-refractivity contribution >= 4 is 22.8 Å². The van der Waals surface area contributed by atoms with Crippen LogP contribution in [0.2, 0.25) is 0 Å². The van der Waals surface area contributed by atoms with Crippen LogP contribution in [0.5, 0.6) is 0 Å². The molecule has 0 spiro atoms. The largest absolute Gasteiger partial charge is 0.379 e. The highest BCUT2D eigenvalue weighted by Gasteiger charge is 2.10. The van der Waals surface area contributed by atoms with Crippen molar-refractivity contribution in [2.75, 3.05) is 44.7 Å². The summed E-state index contributed by atoms with van der Waals surface area (Å²) in [5.41, 5.74) is 3.77. The van der Waals surface area contributed by atoms with E-state index < -0.39 is 0 Å². The van der Waals surface area contributed by atoms with Crippen LogP contribution in [0.3, 0.4) is 0 Å². The Bertz CT molecular complexity index is 900. The smallest absolute Gasteiger partial charge is 0.319 e. The number of fused-ring (bicyclic) bond motifs is 1. The maximum atomic E-state index is 12.1. The minimum Gasteiger partial charge on any atom is -0.379 e. The Morgan fingerprint density at radius 3 is 2.67 bits per heavy atom. The van der Waals surface area contributed by atoms with Gasteiger partial charge in [0.15, 0.2) is 0 Å². The fourth-order valence-corrected chi connectivity index (χ4v) is 3.20. The molecule has 2 N–H and O–H groups in total. The van der Waals surface area contributed by atoms with Crippen LogP contribution in [0.15, 0.2) is 54.9 Å². The van der Waals surface area contributed by atoms with Gasteiger partial charge in [0.05, 0.1) is 24.2 Å². The molecule has 3 aromatic rings. The molecular weight excluding hydrogens is 342 g/mol. The fraction of sp³-hybridized carbons (Fsp3) is 0.300. The van der Waals surface area contributed by atoms with Crippen LogP contribution in [0.4, 0.5) is 10.5 Å². The van der Waals surface area contributed by atoms with Crippen LogP contribution < -0.4 is 10.6 Å². The maximum absolute atomic E-state index is 12.1. The number of rotatable bonds is 5. The number of hydrogen-bond acceptors (Lipinski definition) is 4. The number of nitrogens with one attached hydrogen (secondary N) is 2. The highest BCUT2D eigenvalue weighted by molar-refractivity contribution is 5.89. The van der Waals surface area contributed by atoms with E-state index in [1.54, 1.807) is 0 Å². The van der Waals surface area contributed by atoms with Gasteiger partial charge in [0.1, 0.15) is 6.33 Å². The Morgan fingerprint density at radius 1 is 1.07 bits per heavy atom. The lowest BCUT2D eigenvalue weighted by Gasteiger charge is -2.26. The van der Waals surface area contributed by atoms with Crippen molar-refractivity contribution in [2.45, 2.75) is 0 Å². The number of imidazole rings is 1. The zero-order valence-electron chi connectivity index (χ0n) is 15.1. The summed E-state index contributed by atoms with van der Waals surface area (Å²) >= 11 is 0. The summed E-state index contributed by atoms with van der Waals surface area (Å²) in [5.74, 6) is 0.